The molecule has 0 spiro atoms. The zero-order valence-corrected chi connectivity index (χ0v) is 16.2. The highest BCUT2D eigenvalue weighted by Crippen LogP contribution is 2.34. The Morgan fingerprint density at radius 3 is 2.58 bits per heavy atom. The van der Waals surface area contributed by atoms with E-state index in [1.54, 1.807) is 24.3 Å². The highest BCUT2D eigenvalue weighted by atomic mass is 32.1. The van der Waals surface area contributed by atoms with Gasteiger partial charge in [0.05, 0.1) is 16.9 Å². The summed E-state index contributed by atoms with van der Waals surface area (Å²) < 4.78 is 0. The molecule has 1 fully saturated rings. The highest BCUT2D eigenvalue weighted by Gasteiger charge is 2.23. The van der Waals surface area contributed by atoms with Gasteiger partial charge in [0.15, 0.2) is 5.13 Å². The Morgan fingerprint density at radius 2 is 1.88 bits per heavy atom. The first-order valence-corrected chi connectivity index (χ1v) is 9.59. The fourth-order valence-electron chi connectivity index (χ4n) is 3.27. The quantitative estimate of drug-likeness (QED) is 0.862. The molecule has 2 N–H and O–H groups in total. The van der Waals surface area contributed by atoms with E-state index in [0.717, 1.165) is 36.5 Å². The number of thiazole rings is 1. The van der Waals surface area contributed by atoms with Crippen molar-refractivity contribution in [1.82, 2.24) is 9.88 Å². The Morgan fingerprint density at radius 1 is 1.19 bits per heavy atom. The average molecular weight is 372 g/mol. The van der Waals surface area contributed by atoms with Crippen LogP contribution in [0.1, 0.15) is 46.6 Å². The molecule has 7 heteroatoms. The van der Waals surface area contributed by atoms with Crippen LogP contribution in [0.4, 0.5) is 10.8 Å². The fourth-order valence-corrected chi connectivity index (χ4v) is 4.16. The van der Waals surface area contributed by atoms with E-state index in [0.29, 0.717) is 22.3 Å². The topological polar surface area (TPSA) is 74.3 Å². The Labute approximate surface area is 157 Å². The number of nitrogens with one attached hydrogen (secondary N) is 2. The zero-order valence-electron chi connectivity index (χ0n) is 15.3. The molecule has 3 rings (SSSR count). The normalized spacial score (nSPS) is 15.7. The lowest BCUT2D eigenvalue weighted by Crippen LogP contribution is -2.29. The van der Waals surface area contributed by atoms with Gasteiger partial charge in [0.1, 0.15) is 0 Å². The molecule has 0 unspecified atom stereocenters. The van der Waals surface area contributed by atoms with Crippen molar-refractivity contribution in [3.63, 3.8) is 0 Å². The second-order valence-corrected chi connectivity index (χ2v) is 7.92. The van der Waals surface area contributed by atoms with Crippen LogP contribution in [0.3, 0.4) is 0 Å². The SMILES string of the molecule is CC(=O)Nc1ccccc1C(=O)Nc1nc(C2CCN(C)CC2)c(C)s1. The predicted molar refractivity (Wildman–Crippen MR) is 105 cm³/mol. The molecule has 26 heavy (non-hydrogen) atoms. The number of likely N-dealkylation sites (tertiary alicyclic amines) is 1. The molecule has 0 bridgehead atoms. The van der Waals surface area contributed by atoms with Gasteiger partial charge in [0, 0.05) is 17.7 Å². The molecule has 2 heterocycles. The Balaban J connectivity index is 1.75. The van der Waals surface area contributed by atoms with Crippen LogP contribution in [0.2, 0.25) is 0 Å². The molecule has 1 saturated heterocycles. The molecule has 138 valence electrons. The Kier molecular flexibility index (Phi) is 5.68. The average Bonchev–Trinajstić information content (AvgIpc) is 2.95. The third-order valence-electron chi connectivity index (χ3n) is 4.64. The van der Waals surface area contributed by atoms with Gasteiger partial charge in [-0.3, -0.25) is 14.9 Å². The summed E-state index contributed by atoms with van der Waals surface area (Å²) in [5.41, 5.74) is 2.03. The number of nitrogens with zero attached hydrogens (tertiary/aromatic N) is 2. The lowest BCUT2D eigenvalue weighted by atomic mass is 9.93. The number of amides is 2. The maximum Gasteiger partial charge on any atom is 0.259 e. The molecule has 2 amide bonds. The number of carbonyl (C=O) groups is 2. The molecule has 0 radical (unpaired) electrons. The molecule has 6 nitrogen and oxygen atoms in total. The summed E-state index contributed by atoms with van der Waals surface area (Å²) in [4.78, 5) is 32.2. The van der Waals surface area contributed by atoms with Crippen LogP contribution in [-0.2, 0) is 4.79 Å². The van der Waals surface area contributed by atoms with Crippen molar-refractivity contribution >= 4 is 34.0 Å². The van der Waals surface area contributed by atoms with E-state index in [1.165, 1.54) is 18.3 Å². The lowest BCUT2D eigenvalue weighted by molar-refractivity contribution is -0.114. The summed E-state index contributed by atoms with van der Waals surface area (Å²) in [6, 6.07) is 6.97. The number of hydrogen-bond acceptors (Lipinski definition) is 5. The molecule has 2 aromatic rings. The van der Waals surface area contributed by atoms with Crippen LogP contribution in [0.5, 0.6) is 0 Å². The van der Waals surface area contributed by atoms with Gasteiger partial charge >= 0.3 is 0 Å². The largest absolute Gasteiger partial charge is 0.326 e. The minimum absolute atomic E-state index is 0.208. The first kappa shape index (κ1) is 18.5. The summed E-state index contributed by atoms with van der Waals surface area (Å²) in [7, 11) is 2.14. The standard InChI is InChI=1S/C19H24N4O2S/c1-12-17(14-8-10-23(3)11-9-14)21-19(26-12)22-18(25)15-6-4-5-7-16(15)20-13(2)24/h4-7,14H,8-11H2,1-3H3,(H,20,24)(H,21,22,25). The molecular formula is C19H24N4O2S. The van der Waals surface area contributed by atoms with E-state index in [9.17, 15) is 9.59 Å². The highest BCUT2D eigenvalue weighted by molar-refractivity contribution is 7.15. The van der Waals surface area contributed by atoms with E-state index in [-0.39, 0.29) is 11.8 Å². The number of rotatable bonds is 4. The number of para-hydroxylation sites is 1. The van der Waals surface area contributed by atoms with Gasteiger partial charge in [-0.15, -0.1) is 11.3 Å². The maximum atomic E-state index is 12.7. The third kappa shape index (κ3) is 4.28. The van der Waals surface area contributed by atoms with Crippen molar-refractivity contribution in [2.75, 3.05) is 30.8 Å². The van der Waals surface area contributed by atoms with E-state index in [2.05, 4.69) is 29.5 Å². The molecule has 1 aliphatic heterocycles. The number of benzene rings is 1. The molecular weight excluding hydrogens is 348 g/mol. The summed E-state index contributed by atoms with van der Waals surface area (Å²) in [5.74, 6) is -0.0160. The summed E-state index contributed by atoms with van der Waals surface area (Å²) in [5, 5.41) is 6.19. The van der Waals surface area contributed by atoms with Gasteiger partial charge < -0.3 is 10.2 Å². The van der Waals surface area contributed by atoms with Crippen LogP contribution < -0.4 is 10.6 Å². The predicted octanol–water partition coefficient (Wildman–Crippen LogP) is 3.47. The smallest absolute Gasteiger partial charge is 0.259 e. The van der Waals surface area contributed by atoms with Crippen molar-refractivity contribution in [2.45, 2.75) is 32.6 Å². The van der Waals surface area contributed by atoms with Gasteiger partial charge in [-0.05, 0) is 52.0 Å². The van der Waals surface area contributed by atoms with Gasteiger partial charge in [-0.25, -0.2) is 4.98 Å². The van der Waals surface area contributed by atoms with Crippen LogP contribution >= 0.6 is 11.3 Å². The first-order chi connectivity index (χ1) is 12.4. The third-order valence-corrected chi connectivity index (χ3v) is 5.54. The minimum Gasteiger partial charge on any atom is -0.326 e. The molecule has 0 saturated carbocycles. The number of aryl methyl sites for hydroxylation is 1. The molecule has 1 aromatic heterocycles. The zero-order chi connectivity index (χ0) is 18.7. The number of carbonyl (C=O) groups excluding carboxylic acids is 2. The Bertz CT molecular complexity index is 810. The van der Waals surface area contributed by atoms with E-state index < -0.39 is 0 Å². The lowest BCUT2D eigenvalue weighted by Gasteiger charge is -2.28. The van der Waals surface area contributed by atoms with Crippen molar-refractivity contribution in [1.29, 1.82) is 0 Å². The second-order valence-electron chi connectivity index (χ2n) is 6.72. The van der Waals surface area contributed by atoms with Crippen LogP contribution in [0.25, 0.3) is 0 Å². The van der Waals surface area contributed by atoms with Crippen molar-refractivity contribution in [3.05, 3.63) is 40.4 Å². The Hall–Kier alpha value is -2.25. The number of piperidine rings is 1. The van der Waals surface area contributed by atoms with E-state index >= 15 is 0 Å². The summed E-state index contributed by atoms with van der Waals surface area (Å²) in [6.45, 7) is 5.64. The van der Waals surface area contributed by atoms with Crippen LogP contribution in [0, 0.1) is 6.92 Å². The fraction of sp³-hybridized carbons (Fsp3) is 0.421. The summed E-state index contributed by atoms with van der Waals surface area (Å²) >= 11 is 1.51. The monoisotopic (exact) mass is 372 g/mol. The van der Waals surface area contributed by atoms with Crippen LogP contribution in [0.15, 0.2) is 24.3 Å². The van der Waals surface area contributed by atoms with Crippen molar-refractivity contribution in [3.8, 4) is 0 Å². The number of anilines is 2. The van der Waals surface area contributed by atoms with E-state index in [1.807, 2.05) is 0 Å². The molecule has 1 aliphatic rings. The van der Waals surface area contributed by atoms with Gasteiger partial charge in [0.25, 0.3) is 5.91 Å². The van der Waals surface area contributed by atoms with E-state index in [4.69, 9.17) is 4.98 Å². The van der Waals surface area contributed by atoms with Crippen LogP contribution in [-0.4, -0.2) is 41.8 Å². The van der Waals surface area contributed by atoms with Gasteiger partial charge in [0.2, 0.25) is 5.91 Å². The van der Waals surface area contributed by atoms with Gasteiger partial charge in [-0.1, -0.05) is 12.1 Å². The van der Waals surface area contributed by atoms with Crippen molar-refractivity contribution < 1.29 is 9.59 Å². The minimum atomic E-state index is -0.266. The maximum absolute atomic E-state index is 12.7. The van der Waals surface area contributed by atoms with Gasteiger partial charge in [-0.2, -0.15) is 0 Å². The first-order valence-electron chi connectivity index (χ1n) is 8.78. The van der Waals surface area contributed by atoms with Crippen molar-refractivity contribution in [2.24, 2.45) is 0 Å². The molecule has 0 aliphatic carbocycles. The number of hydrogen-bond donors (Lipinski definition) is 2. The molecule has 1 aromatic carbocycles. The number of aromatic nitrogens is 1. The molecule has 0 atom stereocenters. The second kappa shape index (κ2) is 7.97. The summed E-state index contributed by atoms with van der Waals surface area (Å²) in [6.07, 6.45) is 2.19.